The summed E-state index contributed by atoms with van der Waals surface area (Å²) in [5.74, 6) is -1.67. The molecule has 2 aromatic carbocycles. The van der Waals surface area contributed by atoms with Crippen LogP contribution in [0.1, 0.15) is 29.8 Å². The van der Waals surface area contributed by atoms with Gasteiger partial charge in [-0.05, 0) is 44.0 Å². The minimum atomic E-state index is -1.03. The molecular formula is C20H20FNO4. The molecule has 26 heavy (non-hydrogen) atoms. The average Bonchev–Trinajstić information content (AvgIpc) is 2.96. The molecule has 6 heteroatoms. The molecule has 0 radical (unpaired) electrons. The molecule has 1 heterocycles. The maximum absolute atomic E-state index is 14.0. The molecule has 5 nitrogen and oxygen atoms in total. The van der Waals surface area contributed by atoms with Crippen LogP contribution in [0, 0.1) is 5.82 Å². The first-order valence-electron chi connectivity index (χ1n) is 8.38. The fraction of sp³-hybridized carbons (Fsp3) is 0.300. The number of amides is 1. The summed E-state index contributed by atoms with van der Waals surface area (Å²) < 4.78 is 24.1. The second-order valence-electron chi connectivity index (χ2n) is 6.28. The zero-order valence-corrected chi connectivity index (χ0v) is 14.9. The topological polar surface area (TPSA) is 55.8 Å². The van der Waals surface area contributed by atoms with Gasteiger partial charge in [0.05, 0.1) is 12.7 Å². The van der Waals surface area contributed by atoms with Gasteiger partial charge in [-0.25, -0.2) is 9.18 Å². The molecule has 0 saturated heterocycles. The summed E-state index contributed by atoms with van der Waals surface area (Å²) in [6, 6.07) is 11.4. The SMILES string of the molecule is COc1ccc(C(=O)O[C@@H](C)C(=O)N2c3ccccc3C[C@@H]2C)c(F)c1. The lowest BCUT2D eigenvalue weighted by atomic mass is 10.1. The number of anilines is 1. The maximum Gasteiger partial charge on any atom is 0.341 e. The van der Waals surface area contributed by atoms with Gasteiger partial charge in [0.1, 0.15) is 11.6 Å². The van der Waals surface area contributed by atoms with E-state index in [4.69, 9.17) is 9.47 Å². The van der Waals surface area contributed by atoms with E-state index in [0.717, 1.165) is 23.7 Å². The van der Waals surface area contributed by atoms with Gasteiger partial charge in [0.15, 0.2) is 6.10 Å². The fourth-order valence-electron chi connectivity index (χ4n) is 3.16. The van der Waals surface area contributed by atoms with Gasteiger partial charge in [0, 0.05) is 17.8 Å². The number of methoxy groups -OCH3 is 1. The third-order valence-corrected chi connectivity index (χ3v) is 4.47. The highest BCUT2D eigenvalue weighted by Gasteiger charge is 2.34. The van der Waals surface area contributed by atoms with Crippen molar-refractivity contribution in [1.82, 2.24) is 0 Å². The number of esters is 1. The smallest absolute Gasteiger partial charge is 0.341 e. The first kappa shape index (κ1) is 17.9. The van der Waals surface area contributed by atoms with Crippen molar-refractivity contribution in [2.45, 2.75) is 32.4 Å². The highest BCUT2D eigenvalue weighted by molar-refractivity contribution is 6.01. The number of rotatable bonds is 4. The molecule has 0 bridgehead atoms. The van der Waals surface area contributed by atoms with E-state index in [0.29, 0.717) is 5.75 Å². The van der Waals surface area contributed by atoms with Crippen molar-refractivity contribution >= 4 is 17.6 Å². The highest BCUT2D eigenvalue weighted by atomic mass is 19.1. The van der Waals surface area contributed by atoms with Crippen molar-refractivity contribution in [3.8, 4) is 5.75 Å². The standard InChI is InChI=1S/C20H20FNO4/c1-12-10-14-6-4-5-7-18(14)22(12)19(23)13(2)26-20(24)16-9-8-15(25-3)11-17(16)21/h4-9,11-13H,10H2,1-3H3/t12-,13-/m0/s1. The van der Waals surface area contributed by atoms with Crippen LogP contribution in [0.4, 0.5) is 10.1 Å². The lowest BCUT2D eigenvalue weighted by Gasteiger charge is -2.26. The first-order chi connectivity index (χ1) is 12.4. The molecule has 0 saturated carbocycles. The molecule has 136 valence electrons. The Bertz CT molecular complexity index is 851. The Labute approximate surface area is 151 Å². The van der Waals surface area contributed by atoms with E-state index in [9.17, 15) is 14.0 Å². The van der Waals surface area contributed by atoms with E-state index in [1.807, 2.05) is 31.2 Å². The number of hydrogen-bond donors (Lipinski definition) is 0. The van der Waals surface area contributed by atoms with Gasteiger partial charge in [-0.1, -0.05) is 18.2 Å². The molecule has 2 atom stereocenters. The molecule has 1 amide bonds. The monoisotopic (exact) mass is 357 g/mol. The van der Waals surface area contributed by atoms with Crippen molar-refractivity contribution in [2.24, 2.45) is 0 Å². The number of nitrogens with zero attached hydrogens (tertiary/aromatic N) is 1. The van der Waals surface area contributed by atoms with Crippen LogP contribution in [0.15, 0.2) is 42.5 Å². The maximum atomic E-state index is 14.0. The Hall–Kier alpha value is -2.89. The predicted octanol–water partition coefficient (Wildman–Crippen LogP) is 3.36. The van der Waals surface area contributed by atoms with Crippen molar-refractivity contribution < 1.29 is 23.5 Å². The number of benzene rings is 2. The van der Waals surface area contributed by atoms with Crippen molar-refractivity contribution in [3.63, 3.8) is 0 Å². The van der Waals surface area contributed by atoms with Crippen LogP contribution in [0.25, 0.3) is 0 Å². The number of carbonyl (C=O) groups is 2. The van der Waals surface area contributed by atoms with Gasteiger partial charge in [-0.3, -0.25) is 4.79 Å². The number of halogens is 1. The minimum absolute atomic E-state index is 0.0289. The summed E-state index contributed by atoms with van der Waals surface area (Å²) in [5.41, 5.74) is 1.66. The summed E-state index contributed by atoms with van der Waals surface area (Å²) in [7, 11) is 1.41. The van der Waals surface area contributed by atoms with Crippen molar-refractivity contribution in [3.05, 3.63) is 59.4 Å². The van der Waals surface area contributed by atoms with Gasteiger partial charge < -0.3 is 14.4 Å². The van der Waals surface area contributed by atoms with Crippen LogP contribution >= 0.6 is 0 Å². The molecule has 0 aliphatic carbocycles. The molecule has 1 aliphatic heterocycles. The second kappa shape index (κ2) is 7.15. The summed E-state index contributed by atoms with van der Waals surface area (Å²) in [4.78, 5) is 26.7. The van der Waals surface area contributed by atoms with E-state index in [-0.39, 0.29) is 17.5 Å². The largest absolute Gasteiger partial charge is 0.497 e. The molecule has 0 N–H and O–H groups in total. The second-order valence-corrected chi connectivity index (χ2v) is 6.28. The molecule has 2 aromatic rings. The van der Waals surface area contributed by atoms with Crippen molar-refractivity contribution in [1.29, 1.82) is 0 Å². The molecule has 0 aromatic heterocycles. The van der Waals surface area contributed by atoms with E-state index in [1.54, 1.807) is 4.90 Å². The first-order valence-corrected chi connectivity index (χ1v) is 8.38. The molecule has 0 unspecified atom stereocenters. The molecule has 1 aliphatic rings. The van der Waals surface area contributed by atoms with Crippen LogP contribution < -0.4 is 9.64 Å². The third kappa shape index (κ3) is 3.27. The minimum Gasteiger partial charge on any atom is -0.497 e. The quantitative estimate of drug-likeness (QED) is 0.788. The van der Waals surface area contributed by atoms with Gasteiger partial charge >= 0.3 is 5.97 Å². The van der Waals surface area contributed by atoms with Crippen LogP contribution in [0.3, 0.4) is 0 Å². The summed E-state index contributed by atoms with van der Waals surface area (Å²) in [5, 5.41) is 0. The predicted molar refractivity (Wildman–Crippen MR) is 94.9 cm³/mol. The van der Waals surface area contributed by atoms with Gasteiger partial charge in [-0.15, -0.1) is 0 Å². The zero-order chi connectivity index (χ0) is 18.8. The number of fused-ring (bicyclic) bond motifs is 1. The molecule has 0 fully saturated rings. The molecule has 0 spiro atoms. The lowest BCUT2D eigenvalue weighted by Crippen LogP contribution is -2.43. The van der Waals surface area contributed by atoms with Gasteiger partial charge in [0.2, 0.25) is 0 Å². The van der Waals surface area contributed by atoms with E-state index < -0.39 is 17.9 Å². The number of para-hydroxylation sites is 1. The Morgan fingerprint density at radius 2 is 1.96 bits per heavy atom. The van der Waals surface area contributed by atoms with Crippen LogP contribution in [-0.2, 0) is 16.0 Å². The molecule has 3 rings (SSSR count). The van der Waals surface area contributed by atoms with E-state index in [1.165, 1.54) is 26.2 Å². The Kier molecular flexibility index (Phi) is 4.93. The fourth-order valence-corrected chi connectivity index (χ4v) is 3.16. The molecular weight excluding hydrogens is 337 g/mol. The van der Waals surface area contributed by atoms with Crippen LogP contribution in [-0.4, -0.2) is 31.1 Å². The van der Waals surface area contributed by atoms with Crippen LogP contribution in [0.5, 0.6) is 5.75 Å². The van der Waals surface area contributed by atoms with Gasteiger partial charge in [-0.2, -0.15) is 0 Å². The Morgan fingerprint density at radius 1 is 1.23 bits per heavy atom. The Balaban J connectivity index is 1.75. The summed E-state index contributed by atoms with van der Waals surface area (Å²) >= 11 is 0. The lowest BCUT2D eigenvalue weighted by molar-refractivity contribution is -0.126. The number of hydrogen-bond acceptors (Lipinski definition) is 4. The van der Waals surface area contributed by atoms with Gasteiger partial charge in [0.25, 0.3) is 5.91 Å². The number of ether oxygens (including phenoxy) is 2. The Morgan fingerprint density at radius 3 is 2.65 bits per heavy atom. The highest BCUT2D eigenvalue weighted by Crippen LogP contribution is 2.32. The van der Waals surface area contributed by atoms with Crippen LogP contribution in [0.2, 0.25) is 0 Å². The van der Waals surface area contributed by atoms with E-state index in [2.05, 4.69) is 0 Å². The van der Waals surface area contributed by atoms with E-state index >= 15 is 0 Å². The van der Waals surface area contributed by atoms with Crippen molar-refractivity contribution in [2.75, 3.05) is 12.0 Å². The average molecular weight is 357 g/mol. The third-order valence-electron chi connectivity index (χ3n) is 4.47. The summed E-state index contributed by atoms with van der Waals surface area (Å²) in [6.45, 7) is 3.44. The summed E-state index contributed by atoms with van der Waals surface area (Å²) in [6.07, 6.45) is -0.284. The zero-order valence-electron chi connectivity index (χ0n) is 14.9. The normalized spacial score (nSPS) is 16.8. The number of carbonyl (C=O) groups excluding carboxylic acids is 2.